The Balaban J connectivity index is 1.44. The van der Waals surface area contributed by atoms with Gasteiger partial charge in [0.2, 0.25) is 0 Å². The summed E-state index contributed by atoms with van der Waals surface area (Å²) in [5.41, 5.74) is 1.80. The molecule has 0 bridgehead atoms. The first-order chi connectivity index (χ1) is 14.1. The Morgan fingerprint density at radius 3 is 2.38 bits per heavy atom. The van der Waals surface area contributed by atoms with Crippen molar-refractivity contribution < 1.29 is 18.7 Å². The van der Waals surface area contributed by atoms with E-state index < -0.39 is 0 Å². The molecule has 0 aliphatic carbocycles. The Hall–Kier alpha value is -2.93. The van der Waals surface area contributed by atoms with Gasteiger partial charge in [-0.05, 0) is 49.2 Å². The molecule has 0 unspecified atom stereocenters. The molecule has 7 heteroatoms. The largest absolute Gasteiger partial charge is 0.462 e. The summed E-state index contributed by atoms with van der Waals surface area (Å²) in [6.45, 7) is 5.59. The summed E-state index contributed by atoms with van der Waals surface area (Å²) in [5.74, 6) is -0.545. The molecule has 1 N–H and O–H groups in total. The van der Waals surface area contributed by atoms with Crippen LogP contribution in [0.2, 0.25) is 0 Å². The molecule has 1 aliphatic rings. The normalized spacial score (nSPS) is 14.5. The molecule has 1 fully saturated rings. The number of benzene rings is 2. The Labute approximate surface area is 170 Å². The van der Waals surface area contributed by atoms with E-state index in [1.165, 1.54) is 6.07 Å². The summed E-state index contributed by atoms with van der Waals surface area (Å²) < 4.78 is 18.7. The smallest absolute Gasteiger partial charge is 0.338 e. The van der Waals surface area contributed by atoms with Crippen LogP contribution in [0.25, 0.3) is 0 Å². The molecule has 0 radical (unpaired) electrons. The second-order valence-corrected chi connectivity index (χ2v) is 6.90. The minimum Gasteiger partial charge on any atom is -0.462 e. The van der Waals surface area contributed by atoms with E-state index >= 15 is 0 Å². The van der Waals surface area contributed by atoms with Crippen LogP contribution < -0.4 is 5.32 Å². The van der Waals surface area contributed by atoms with Crippen LogP contribution in [0.3, 0.4) is 0 Å². The van der Waals surface area contributed by atoms with Gasteiger partial charge >= 0.3 is 12.0 Å². The highest BCUT2D eigenvalue weighted by molar-refractivity contribution is 5.92. The average molecular weight is 399 g/mol. The quantitative estimate of drug-likeness (QED) is 0.757. The zero-order valence-corrected chi connectivity index (χ0v) is 16.6. The molecule has 0 spiro atoms. The molecule has 0 atom stereocenters. The highest BCUT2D eigenvalue weighted by Crippen LogP contribution is 2.13. The number of nitrogens with zero attached hydrogens (tertiary/aromatic N) is 2. The Kier molecular flexibility index (Phi) is 7.19. The van der Waals surface area contributed by atoms with E-state index in [0.29, 0.717) is 37.4 Å². The number of halogens is 1. The van der Waals surface area contributed by atoms with Gasteiger partial charge in [0.1, 0.15) is 5.82 Å². The molecule has 29 heavy (non-hydrogen) atoms. The maximum atomic E-state index is 13.7. The zero-order chi connectivity index (χ0) is 20.6. The number of anilines is 1. The number of nitrogens with one attached hydrogen (secondary N) is 1. The summed E-state index contributed by atoms with van der Waals surface area (Å²) >= 11 is 0. The predicted octanol–water partition coefficient (Wildman–Crippen LogP) is 3.39. The maximum absolute atomic E-state index is 13.7. The van der Waals surface area contributed by atoms with Crippen LogP contribution in [0.5, 0.6) is 0 Å². The van der Waals surface area contributed by atoms with Crippen LogP contribution in [-0.4, -0.2) is 61.1 Å². The number of piperazine rings is 1. The van der Waals surface area contributed by atoms with Gasteiger partial charge in [0, 0.05) is 38.4 Å². The highest BCUT2D eigenvalue weighted by Gasteiger charge is 2.21. The lowest BCUT2D eigenvalue weighted by molar-refractivity contribution is 0.0526. The third kappa shape index (κ3) is 5.77. The van der Waals surface area contributed by atoms with Crippen LogP contribution in [0.15, 0.2) is 48.5 Å². The first kappa shape index (κ1) is 20.8. The molecular weight excluding hydrogens is 373 g/mol. The molecule has 3 rings (SSSR count). The fraction of sp³-hybridized carbons (Fsp3) is 0.364. The van der Waals surface area contributed by atoms with Gasteiger partial charge in [-0.2, -0.15) is 0 Å². The molecule has 154 valence electrons. The third-order valence-corrected chi connectivity index (χ3v) is 4.96. The lowest BCUT2D eigenvalue weighted by Crippen LogP contribution is -2.50. The van der Waals surface area contributed by atoms with Gasteiger partial charge in [-0.3, -0.25) is 4.90 Å². The predicted molar refractivity (Wildman–Crippen MR) is 110 cm³/mol. The fourth-order valence-corrected chi connectivity index (χ4v) is 3.26. The zero-order valence-electron chi connectivity index (χ0n) is 16.6. The van der Waals surface area contributed by atoms with E-state index in [2.05, 4.69) is 10.2 Å². The lowest BCUT2D eigenvalue weighted by Gasteiger charge is -2.34. The second-order valence-electron chi connectivity index (χ2n) is 6.90. The highest BCUT2D eigenvalue weighted by atomic mass is 19.1. The number of carbonyl (C=O) groups excluding carboxylic acids is 2. The molecule has 1 saturated heterocycles. The van der Waals surface area contributed by atoms with Crippen molar-refractivity contribution >= 4 is 17.7 Å². The minimum atomic E-state index is -0.378. The summed E-state index contributed by atoms with van der Waals surface area (Å²) in [4.78, 5) is 28.2. The van der Waals surface area contributed by atoms with E-state index in [9.17, 15) is 14.0 Å². The van der Waals surface area contributed by atoms with E-state index in [0.717, 1.165) is 25.2 Å². The van der Waals surface area contributed by atoms with Crippen molar-refractivity contribution in [2.45, 2.75) is 13.3 Å². The molecule has 2 aromatic carbocycles. The monoisotopic (exact) mass is 399 g/mol. The van der Waals surface area contributed by atoms with Crippen molar-refractivity contribution in [3.63, 3.8) is 0 Å². The Morgan fingerprint density at radius 2 is 1.72 bits per heavy atom. The van der Waals surface area contributed by atoms with Crippen molar-refractivity contribution in [2.24, 2.45) is 0 Å². The molecule has 1 heterocycles. The number of carbonyl (C=O) groups is 2. The molecule has 2 amide bonds. The molecular formula is C22H26FN3O3. The first-order valence-corrected chi connectivity index (χ1v) is 9.85. The van der Waals surface area contributed by atoms with Gasteiger partial charge in [-0.1, -0.05) is 18.2 Å². The lowest BCUT2D eigenvalue weighted by atomic mass is 10.1. The fourth-order valence-electron chi connectivity index (χ4n) is 3.26. The van der Waals surface area contributed by atoms with Crippen LogP contribution >= 0.6 is 0 Å². The van der Waals surface area contributed by atoms with Crippen molar-refractivity contribution in [3.8, 4) is 0 Å². The number of hydrogen-bond acceptors (Lipinski definition) is 4. The summed E-state index contributed by atoms with van der Waals surface area (Å²) in [6.07, 6.45) is 0.658. The summed E-state index contributed by atoms with van der Waals surface area (Å²) in [5, 5.41) is 2.86. The molecule has 0 aromatic heterocycles. The minimum absolute atomic E-state index is 0.164. The maximum Gasteiger partial charge on any atom is 0.338 e. The van der Waals surface area contributed by atoms with Gasteiger partial charge in [0.25, 0.3) is 0 Å². The van der Waals surface area contributed by atoms with E-state index in [-0.39, 0.29) is 17.8 Å². The third-order valence-electron chi connectivity index (χ3n) is 4.96. The van der Waals surface area contributed by atoms with Crippen molar-refractivity contribution in [1.82, 2.24) is 9.80 Å². The van der Waals surface area contributed by atoms with Crippen LogP contribution in [0.1, 0.15) is 22.8 Å². The van der Waals surface area contributed by atoms with Crippen LogP contribution in [-0.2, 0) is 11.2 Å². The van der Waals surface area contributed by atoms with E-state index in [4.69, 9.17) is 4.74 Å². The standard InChI is InChI=1S/C22H26FN3O3/c1-2-29-21(27)18-7-9-19(10-8-18)24-22(28)26-15-13-25(14-16-26)12-11-17-5-3-4-6-20(17)23/h3-10H,2,11-16H2,1H3,(H,24,28). The van der Waals surface area contributed by atoms with Crippen molar-refractivity contribution in [2.75, 3.05) is 44.6 Å². The van der Waals surface area contributed by atoms with Gasteiger partial charge in [-0.15, -0.1) is 0 Å². The van der Waals surface area contributed by atoms with Gasteiger partial charge < -0.3 is 15.0 Å². The molecule has 6 nitrogen and oxygen atoms in total. The SMILES string of the molecule is CCOC(=O)c1ccc(NC(=O)N2CCN(CCc3ccccc3F)CC2)cc1. The molecule has 0 saturated carbocycles. The van der Waals surface area contributed by atoms with Gasteiger partial charge in [0.05, 0.1) is 12.2 Å². The summed E-state index contributed by atoms with van der Waals surface area (Å²) in [7, 11) is 0. The van der Waals surface area contributed by atoms with Crippen molar-refractivity contribution in [1.29, 1.82) is 0 Å². The van der Waals surface area contributed by atoms with Gasteiger partial charge in [0.15, 0.2) is 0 Å². The average Bonchev–Trinajstić information content (AvgIpc) is 2.74. The number of hydrogen-bond donors (Lipinski definition) is 1. The molecule has 1 aliphatic heterocycles. The topological polar surface area (TPSA) is 61.9 Å². The number of esters is 1. The van der Waals surface area contributed by atoms with Crippen LogP contribution in [0, 0.1) is 5.82 Å². The Bertz CT molecular complexity index is 833. The van der Waals surface area contributed by atoms with E-state index in [1.807, 2.05) is 12.1 Å². The number of rotatable bonds is 6. The number of amides is 2. The first-order valence-electron chi connectivity index (χ1n) is 9.85. The Morgan fingerprint density at radius 1 is 1.03 bits per heavy atom. The number of ether oxygens (including phenoxy) is 1. The van der Waals surface area contributed by atoms with Crippen molar-refractivity contribution in [3.05, 3.63) is 65.5 Å². The second kappa shape index (κ2) is 10.0. The molecule has 2 aromatic rings. The van der Waals surface area contributed by atoms with Crippen LogP contribution in [0.4, 0.5) is 14.9 Å². The van der Waals surface area contributed by atoms with Gasteiger partial charge in [-0.25, -0.2) is 14.0 Å². The summed E-state index contributed by atoms with van der Waals surface area (Å²) in [6, 6.07) is 13.3. The number of urea groups is 1. The van der Waals surface area contributed by atoms with E-state index in [1.54, 1.807) is 42.2 Å².